The van der Waals surface area contributed by atoms with Crippen LogP contribution in [0.1, 0.15) is 6.42 Å². The molecule has 122 valence electrons. The SMILES string of the molecule is CN(C)c1ccnc(N2CCN(C3CCS(=O)(=O)C3)CC2)n1. The third-order valence-corrected chi connectivity index (χ3v) is 6.16. The molecule has 2 fully saturated rings. The second-order valence-electron chi connectivity index (χ2n) is 6.19. The van der Waals surface area contributed by atoms with Gasteiger partial charge < -0.3 is 9.80 Å². The van der Waals surface area contributed by atoms with Gasteiger partial charge in [-0.25, -0.2) is 13.4 Å². The van der Waals surface area contributed by atoms with Crippen molar-refractivity contribution in [1.82, 2.24) is 14.9 Å². The molecule has 1 unspecified atom stereocenters. The monoisotopic (exact) mass is 325 g/mol. The lowest BCUT2D eigenvalue weighted by molar-refractivity contribution is 0.200. The van der Waals surface area contributed by atoms with Gasteiger partial charge in [0.1, 0.15) is 5.82 Å². The van der Waals surface area contributed by atoms with Gasteiger partial charge in [0, 0.05) is 52.5 Å². The first-order chi connectivity index (χ1) is 10.4. The second-order valence-corrected chi connectivity index (χ2v) is 8.42. The molecule has 7 nitrogen and oxygen atoms in total. The third-order valence-electron chi connectivity index (χ3n) is 4.41. The number of aromatic nitrogens is 2. The van der Waals surface area contributed by atoms with E-state index < -0.39 is 9.84 Å². The fraction of sp³-hybridized carbons (Fsp3) is 0.714. The van der Waals surface area contributed by atoms with Gasteiger partial charge in [0.25, 0.3) is 0 Å². The fourth-order valence-electron chi connectivity index (χ4n) is 3.09. The van der Waals surface area contributed by atoms with Crippen molar-refractivity contribution in [2.24, 2.45) is 0 Å². The number of hydrogen-bond donors (Lipinski definition) is 0. The van der Waals surface area contributed by atoms with Crippen LogP contribution in [0.5, 0.6) is 0 Å². The van der Waals surface area contributed by atoms with Crippen molar-refractivity contribution in [3.8, 4) is 0 Å². The maximum atomic E-state index is 11.6. The molecular formula is C14H23N5O2S. The maximum absolute atomic E-state index is 11.6. The molecule has 8 heteroatoms. The molecule has 0 N–H and O–H groups in total. The summed E-state index contributed by atoms with van der Waals surface area (Å²) in [5.74, 6) is 2.31. The standard InChI is InChI=1S/C14H23N5O2S/c1-17(2)13-3-5-15-14(16-13)19-8-6-18(7-9-19)12-4-10-22(20,21)11-12/h3,5,12H,4,6-11H2,1-2H3. The first-order valence-corrected chi connectivity index (χ1v) is 9.46. The number of hydrogen-bond acceptors (Lipinski definition) is 7. The minimum absolute atomic E-state index is 0.196. The van der Waals surface area contributed by atoms with Gasteiger partial charge >= 0.3 is 0 Å². The van der Waals surface area contributed by atoms with E-state index in [0.29, 0.717) is 11.5 Å². The van der Waals surface area contributed by atoms with E-state index in [-0.39, 0.29) is 6.04 Å². The molecular weight excluding hydrogens is 302 g/mol. The van der Waals surface area contributed by atoms with E-state index in [4.69, 9.17) is 0 Å². The molecule has 2 saturated heterocycles. The van der Waals surface area contributed by atoms with Gasteiger partial charge in [-0.3, -0.25) is 4.90 Å². The fourth-order valence-corrected chi connectivity index (χ4v) is 4.85. The average Bonchev–Trinajstić information content (AvgIpc) is 2.88. The smallest absolute Gasteiger partial charge is 0.227 e. The van der Waals surface area contributed by atoms with Crippen LogP contribution in [0, 0.1) is 0 Å². The average molecular weight is 325 g/mol. The molecule has 0 bridgehead atoms. The van der Waals surface area contributed by atoms with Gasteiger partial charge in [-0.05, 0) is 12.5 Å². The minimum atomic E-state index is -2.81. The van der Waals surface area contributed by atoms with Gasteiger partial charge in [-0.1, -0.05) is 0 Å². The van der Waals surface area contributed by atoms with Crippen LogP contribution in [0.2, 0.25) is 0 Å². The van der Waals surface area contributed by atoms with Crippen LogP contribution in [-0.4, -0.2) is 81.1 Å². The zero-order valence-electron chi connectivity index (χ0n) is 13.1. The van der Waals surface area contributed by atoms with E-state index in [1.54, 1.807) is 6.20 Å². The Bertz CT molecular complexity index is 626. The summed E-state index contributed by atoms with van der Waals surface area (Å²) in [5, 5.41) is 0. The first-order valence-electron chi connectivity index (χ1n) is 7.64. The van der Waals surface area contributed by atoms with Gasteiger partial charge in [-0.2, -0.15) is 4.98 Å². The van der Waals surface area contributed by atoms with Crippen molar-refractivity contribution in [3.05, 3.63) is 12.3 Å². The molecule has 3 heterocycles. The summed E-state index contributed by atoms with van der Waals surface area (Å²) in [6.45, 7) is 3.42. The van der Waals surface area contributed by atoms with Crippen LogP contribution in [0.25, 0.3) is 0 Å². The Labute approximate surface area is 131 Å². The van der Waals surface area contributed by atoms with Gasteiger partial charge in [0.15, 0.2) is 9.84 Å². The quantitative estimate of drug-likeness (QED) is 0.765. The van der Waals surface area contributed by atoms with E-state index in [1.165, 1.54) is 0 Å². The molecule has 22 heavy (non-hydrogen) atoms. The molecule has 2 aliphatic rings. The Hall–Kier alpha value is -1.41. The zero-order chi connectivity index (χ0) is 15.7. The van der Waals surface area contributed by atoms with Gasteiger partial charge in [-0.15, -0.1) is 0 Å². The number of nitrogens with zero attached hydrogens (tertiary/aromatic N) is 5. The normalized spacial score (nSPS) is 25.4. The van der Waals surface area contributed by atoms with Crippen LogP contribution >= 0.6 is 0 Å². The number of sulfone groups is 1. The summed E-state index contributed by atoms with van der Waals surface area (Å²) in [6, 6.07) is 2.09. The molecule has 1 atom stereocenters. The lowest BCUT2D eigenvalue weighted by atomic mass is 10.2. The highest BCUT2D eigenvalue weighted by Gasteiger charge is 2.33. The van der Waals surface area contributed by atoms with Crippen molar-refractivity contribution in [2.75, 3.05) is 61.6 Å². The summed E-state index contributed by atoms with van der Waals surface area (Å²) in [5.41, 5.74) is 0. The van der Waals surface area contributed by atoms with Crippen molar-refractivity contribution in [3.63, 3.8) is 0 Å². The molecule has 2 aliphatic heterocycles. The second kappa shape index (κ2) is 6.00. The van der Waals surface area contributed by atoms with Crippen LogP contribution in [0.3, 0.4) is 0 Å². The lowest BCUT2D eigenvalue weighted by Gasteiger charge is -2.37. The molecule has 0 aliphatic carbocycles. The van der Waals surface area contributed by atoms with Crippen molar-refractivity contribution in [1.29, 1.82) is 0 Å². The highest BCUT2D eigenvalue weighted by molar-refractivity contribution is 7.91. The molecule has 1 aromatic rings. The predicted octanol–water partition coefficient (Wildman–Crippen LogP) is -0.148. The Morgan fingerprint density at radius 1 is 1.23 bits per heavy atom. The third kappa shape index (κ3) is 3.33. The zero-order valence-corrected chi connectivity index (χ0v) is 14.0. The molecule has 0 aromatic carbocycles. The van der Waals surface area contributed by atoms with Gasteiger partial charge in [0.2, 0.25) is 5.95 Å². The molecule has 1 aromatic heterocycles. The summed E-state index contributed by atoms with van der Waals surface area (Å²) in [4.78, 5) is 15.4. The summed E-state index contributed by atoms with van der Waals surface area (Å²) in [7, 11) is 1.11. The Kier molecular flexibility index (Phi) is 4.22. The van der Waals surface area contributed by atoms with Gasteiger partial charge in [0.05, 0.1) is 11.5 Å². The molecule has 0 radical (unpaired) electrons. The lowest BCUT2D eigenvalue weighted by Crippen LogP contribution is -2.51. The van der Waals surface area contributed by atoms with E-state index in [0.717, 1.165) is 44.4 Å². The highest BCUT2D eigenvalue weighted by Crippen LogP contribution is 2.21. The van der Waals surface area contributed by atoms with Crippen molar-refractivity contribution < 1.29 is 8.42 Å². The largest absolute Gasteiger partial charge is 0.363 e. The van der Waals surface area contributed by atoms with Crippen molar-refractivity contribution in [2.45, 2.75) is 12.5 Å². The molecule has 0 spiro atoms. The van der Waals surface area contributed by atoms with Crippen molar-refractivity contribution >= 4 is 21.6 Å². The van der Waals surface area contributed by atoms with Crippen LogP contribution in [0.15, 0.2) is 12.3 Å². The van der Waals surface area contributed by atoms with Crippen LogP contribution in [-0.2, 0) is 9.84 Å². The molecule has 3 rings (SSSR count). The van der Waals surface area contributed by atoms with E-state index >= 15 is 0 Å². The topological polar surface area (TPSA) is 69.6 Å². The van der Waals surface area contributed by atoms with Crippen LogP contribution < -0.4 is 9.80 Å². The first kappa shape index (κ1) is 15.5. The Morgan fingerprint density at radius 3 is 2.55 bits per heavy atom. The molecule has 0 saturated carbocycles. The Balaban J connectivity index is 1.61. The highest BCUT2D eigenvalue weighted by atomic mass is 32.2. The van der Waals surface area contributed by atoms with E-state index in [1.807, 2.05) is 25.1 Å². The van der Waals surface area contributed by atoms with Crippen LogP contribution in [0.4, 0.5) is 11.8 Å². The maximum Gasteiger partial charge on any atom is 0.227 e. The predicted molar refractivity (Wildman–Crippen MR) is 87.2 cm³/mol. The number of anilines is 2. The van der Waals surface area contributed by atoms with E-state index in [2.05, 4.69) is 19.8 Å². The summed E-state index contributed by atoms with van der Waals surface area (Å²) in [6.07, 6.45) is 2.56. The van der Waals surface area contributed by atoms with E-state index in [9.17, 15) is 8.42 Å². The minimum Gasteiger partial charge on any atom is -0.363 e. The molecule has 0 amide bonds. The number of piperazine rings is 1. The Morgan fingerprint density at radius 2 is 1.95 bits per heavy atom. The summed E-state index contributed by atoms with van der Waals surface area (Å²) >= 11 is 0. The number of rotatable bonds is 3. The summed E-state index contributed by atoms with van der Waals surface area (Å²) < 4.78 is 23.2.